The number of benzene rings is 2. The monoisotopic (exact) mass is 355 g/mol. The average Bonchev–Trinajstić information content (AvgIpc) is 3.02. The molecule has 3 aromatic rings. The van der Waals surface area contributed by atoms with Crippen molar-refractivity contribution in [2.24, 2.45) is 0 Å². The number of aryl methyl sites for hydroxylation is 1. The number of carbonyl (C=O) groups is 1. The number of rotatable bonds is 6. The van der Waals surface area contributed by atoms with Crippen LogP contribution in [0.4, 0.5) is 5.82 Å². The normalized spacial score (nSPS) is 11.9. The Balaban J connectivity index is 1.75. The van der Waals surface area contributed by atoms with Gasteiger partial charge in [0.15, 0.2) is 5.82 Å². The summed E-state index contributed by atoms with van der Waals surface area (Å²) in [5.74, 6) is 0.839. The predicted octanol–water partition coefficient (Wildman–Crippen LogP) is 4.11. The first-order valence-corrected chi connectivity index (χ1v) is 8.26. The fraction of sp³-hybridized carbons (Fsp3) is 0.158. The van der Waals surface area contributed by atoms with Gasteiger partial charge in [-0.25, -0.2) is 0 Å². The molecule has 1 amide bonds. The van der Waals surface area contributed by atoms with Crippen LogP contribution >= 0.6 is 11.6 Å². The van der Waals surface area contributed by atoms with Crippen molar-refractivity contribution in [3.63, 3.8) is 0 Å². The summed E-state index contributed by atoms with van der Waals surface area (Å²) in [7, 11) is 0. The summed E-state index contributed by atoms with van der Waals surface area (Å²) in [6.45, 7) is 2.30. The molecule has 2 aromatic carbocycles. The van der Waals surface area contributed by atoms with Crippen LogP contribution in [0.5, 0.6) is 0 Å². The highest BCUT2D eigenvalue weighted by molar-refractivity contribution is 6.30. The van der Waals surface area contributed by atoms with Crippen LogP contribution in [-0.4, -0.2) is 11.1 Å². The zero-order chi connectivity index (χ0) is 17.6. The molecule has 2 N–H and O–H groups in total. The van der Waals surface area contributed by atoms with Gasteiger partial charge in [-0.05, 0) is 30.2 Å². The molecule has 25 heavy (non-hydrogen) atoms. The largest absolute Gasteiger partial charge is 0.360 e. The third-order valence-corrected chi connectivity index (χ3v) is 3.95. The lowest BCUT2D eigenvalue weighted by Crippen LogP contribution is -2.32. The van der Waals surface area contributed by atoms with Crippen molar-refractivity contribution < 1.29 is 9.32 Å². The minimum absolute atomic E-state index is 0.200. The Kier molecular flexibility index (Phi) is 5.48. The van der Waals surface area contributed by atoms with Crippen LogP contribution in [0.1, 0.15) is 22.9 Å². The highest BCUT2D eigenvalue weighted by Crippen LogP contribution is 2.17. The number of nitrogens with zero attached hydrogens (tertiary/aromatic N) is 1. The Labute approximate surface area is 151 Å². The van der Waals surface area contributed by atoms with E-state index in [9.17, 15) is 4.79 Å². The van der Waals surface area contributed by atoms with Crippen LogP contribution in [0.15, 0.2) is 65.2 Å². The van der Waals surface area contributed by atoms with Crippen molar-refractivity contribution in [3.8, 4) is 0 Å². The Morgan fingerprint density at radius 1 is 1.16 bits per heavy atom. The SMILES string of the molecule is Cc1cc(NC(=O)C(NCc2ccc(Cl)cc2)c2ccccc2)no1. The Bertz CT molecular complexity index is 831. The second kappa shape index (κ2) is 7.96. The molecule has 6 heteroatoms. The molecule has 0 saturated carbocycles. The second-order valence-corrected chi connectivity index (χ2v) is 6.10. The van der Waals surface area contributed by atoms with Gasteiger partial charge in [0, 0.05) is 17.6 Å². The van der Waals surface area contributed by atoms with Gasteiger partial charge in [-0.1, -0.05) is 59.2 Å². The minimum Gasteiger partial charge on any atom is -0.360 e. The fourth-order valence-corrected chi connectivity index (χ4v) is 2.58. The Morgan fingerprint density at radius 3 is 2.52 bits per heavy atom. The van der Waals surface area contributed by atoms with E-state index >= 15 is 0 Å². The summed E-state index contributed by atoms with van der Waals surface area (Å²) < 4.78 is 4.99. The maximum Gasteiger partial charge on any atom is 0.247 e. The van der Waals surface area contributed by atoms with Gasteiger partial charge < -0.3 is 9.84 Å². The van der Waals surface area contributed by atoms with E-state index in [1.165, 1.54) is 0 Å². The number of carbonyl (C=O) groups excluding carboxylic acids is 1. The molecule has 0 spiro atoms. The standard InChI is InChI=1S/C19H18ClN3O2/c1-13-11-17(23-25-13)22-19(24)18(15-5-3-2-4-6-15)21-12-14-7-9-16(20)10-8-14/h2-11,18,21H,12H2,1H3,(H,22,23,24). The molecule has 3 rings (SSSR count). The van der Waals surface area contributed by atoms with E-state index in [-0.39, 0.29) is 5.91 Å². The Hall–Kier alpha value is -2.63. The number of aromatic nitrogens is 1. The van der Waals surface area contributed by atoms with E-state index in [1.807, 2.05) is 54.6 Å². The first-order chi connectivity index (χ1) is 12.1. The number of halogens is 1. The van der Waals surface area contributed by atoms with Crippen LogP contribution in [0.25, 0.3) is 0 Å². The van der Waals surface area contributed by atoms with E-state index < -0.39 is 6.04 Å². The molecule has 0 aliphatic heterocycles. The lowest BCUT2D eigenvalue weighted by atomic mass is 10.1. The summed E-state index contributed by atoms with van der Waals surface area (Å²) in [5.41, 5.74) is 1.91. The number of anilines is 1. The maximum absolute atomic E-state index is 12.7. The van der Waals surface area contributed by atoms with E-state index in [0.29, 0.717) is 23.1 Å². The van der Waals surface area contributed by atoms with Crippen LogP contribution in [-0.2, 0) is 11.3 Å². The van der Waals surface area contributed by atoms with Crippen LogP contribution < -0.4 is 10.6 Å². The summed E-state index contributed by atoms with van der Waals surface area (Å²) in [4.78, 5) is 12.7. The zero-order valence-electron chi connectivity index (χ0n) is 13.7. The molecule has 0 saturated heterocycles. The van der Waals surface area contributed by atoms with E-state index in [0.717, 1.165) is 11.1 Å². The molecule has 0 fully saturated rings. The topological polar surface area (TPSA) is 67.2 Å². The van der Waals surface area contributed by atoms with Gasteiger partial charge in [0.2, 0.25) is 5.91 Å². The number of amides is 1. The van der Waals surface area contributed by atoms with Gasteiger partial charge in [0.1, 0.15) is 11.8 Å². The predicted molar refractivity (Wildman–Crippen MR) is 97.3 cm³/mol. The molecule has 1 unspecified atom stereocenters. The lowest BCUT2D eigenvalue weighted by Gasteiger charge is -2.18. The van der Waals surface area contributed by atoms with Gasteiger partial charge in [-0.15, -0.1) is 0 Å². The Morgan fingerprint density at radius 2 is 1.88 bits per heavy atom. The van der Waals surface area contributed by atoms with Crippen LogP contribution in [0.3, 0.4) is 0 Å². The summed E-state index contributed by atoms with van der Waals surface area (Å²) in [5, 5.41) is 10.6. The van der Waals surface area contributed by atoms with Gasteiger partial charge in [-0.3, -0.25) is 10.1 Å². The van der Waals surface area contributed by atoms with E-state index in [1.54, 1.807) is 13.0 Å². The first-order valence-electron chi connectivity index (χ1n) is 7.89. The molecule has 1 aromatic heterocycles. The molecule has 128 valence electrons. The number of hydrogen-bond donors (Lipinski definition) is 2. The smallest absolute Gasteiger partial charge is 0.247 e. The number of hydrogen-bond acceptors (Lipinski definition) is 4. The second-order valence-electron chi connectivity index (χ2n) is 5.66. The first kappa shape index (κ1) is 17.2. The van der Waals surface area contributed by atoms with Crippen LogP contribution in [0, 0.1) is 6.92 Å². The fourth-order valence-electron chi connectivity index (χ4n) is 2.45. The summed E-state index contributed by atoms with van der Waals surface area (Å²) >= 11 is 5.91. The van der Waals surface area contributed by atoms with Gasteiger partial charge >= 0.3 is 0 Å². The van der Waals surface area contributed by atoms with E-state index in [4.69, 9.17) is 16.1 Å². The third-order valence-electron chi connectivity index (χ3n) is 3.70. The molecule has 1 heterocycles. The molecule has 0 aliphatic rings. The van der Waals surface area contributed by atoms with Crippen molar-refractivity contribution in [2.75, 3.05) is 5.32 Å². The van der Waals surface area contributed by atoms with Crippen molar-refractivity contribution in [1.29, 1.82) is 0 Å². The van der Waals surface area contributed by atoms with Crippen molar-refractivity contribution in [3.05, 3.63) is 82.6 Å². The summed E-state index contributed by atoms with van der Waals surface area (Å²) in [6.07, 6.45) is 0. The number of nitrogens with one attached hydrogen (secondary N) is 2. The maximum atomic E-state index is 12.7. The highest BCUT2D eigenvalue weighted by Gasteiger charge is 2.21. The highest BCUT2D eigenvalue weighted by atomic mass is 35.5. The molecule has 0 radical (unpaired) electrons. The van der Waals surface area contributed by atoms with Crippen molar-refractivity contribution >= 4 is 23.3 Å². The van der Waals surface area contributed by atoms with Crippen LogP contribution in [0.2, 0.25) is 5.02 Å². The molecule has 0 aliphatic carbocycles. The molecule has 1 atom stereocenters. The summed E-state index contributed by atoms with van der Waals surface area (Å²) in [6, 6.07) is 18.2. The quantitative estimate of drug-likeness (QED) is 0.698. The minimum atomic E-state index is -0.520. The van der Waals surface area contributed by atoms with Gasteiger partial charge in [-0.2, -0.15) is 0 Å². The van der Waals surface area contributed by atoms with Crippen molar-refractivity contribution in [1.82, 2.24) is 10.5 Å². The molecule has 0 bridgehead atoms. The third kappa shape index (κ3) is 4.68. The van der Waals surface area contributed by atoms with Crippen molar-refractivity contribution in [2.45, 2.75) is 19.5 Å². The molecular formula is C19H18ClN3O2. The van der Waals surface area contributed by atoms with Gasteiger partial charge in [0.25, 0.3) is 0 Å². The lowest BCUT2D eigenvalue weighted by molar-refractivity contribution is -0.118. The van der Waals surface area contributed by atoms with E-state index in [2.05, 4.69) is 15.8 Å². The zero-order valence-corrected chi connectivity index (χ0v) is 14.5. The molecular weight excluding hydrogens is 338 g/mol. The molecule has 5 nitrogen and oxygen atoms in total. The van der Waals surface area contributed by atoms with Gasteiger partial charge in [0.05, 0.1) is 0 Å². The average molecular weight is 356 g/mol.